The van der Waals surface area contributed by atoms with Crippen LogP contribution in [0.2, 0.25) is 0 Å². The van der Waals surface area contributed by atoms with Gasteiger partial charge in [-0.25, -0.2) is 14.2 Å². The SMILES string of the molecule is CC(C)OC(=O)/C=C/c1ccc(CCN2CCCN(c3nc4ccccc4n3Cc3ccc(F)cc3)CCC2)cc1. The van der Waals surface area contributed by atoms with Crippen LogP contribution in [0.4, 0.5) is 10.3 Å². The van der Waals surface area contributed by atoms with Crippen LogP contribution in [0.3, 0.4) is 0 Å². The van der Waals surface area contributed by atoms with Crippen molar-refractivity contribution in [3.05, 3.63) is 101 Å². The number of fused-ring (bicyclic) bond motifs is 1. The highest BCUT2D eigenvalue weighted by atomic mass is 19.1. The van der Waals surface area contributed by atoms with E-state index in [4.69, 9.17) is 9.72 Å². The molecule has 0 bridgehead atoms. The van der Waals surface area contributed by atoms with Crippen molar-refractivity contribution in [2.75, 3.05) is 37.6 Å². The molecule has 0 N–H and O–H groups in total. The summed E-state index contributed by atoms with van der Waals surface area (Å²) in [6, 6.07) is 23.4. The lowest BCUT2D eigenvalue weighted by molar-refractivity contribution is -0.141. The van der Waals surface area contributed by atoms with E-state index < -0.39 is 0 Å². The number of halogens is 1. The maximum absolute atomic E-state index is 13.5. The summed E-state index contributed by atoms with van der Waals surface area (Å²) < 4.78 is 20.9. The first-order valence-electron chi connectivity index (χ1n) is 14.6. The van der Waals surface area contributed by atoms with Gasteiger partial charge in [0.1, 0.15) is 5.82 Å². The van der Waals surface area contributed by atoms with E-state index in [1.54, 1.807) is 6.08 Å². The second-order valence-corrected chi connectivity index (χ2v) is 11.0. The molecule has 0 atom stereocenters. The third kappa shape index (κ3) is 7.82. The van der Waals surface area contributed by atoms with Crippen molar-refractivity contribution in [1.29, 1.82) is 0 Å². The molecule has 4 aromatic rings. The van der Waals surface area contributed by atoms with Crippen LogP contribution in [0.1, 0.15) is 43.4 Å². The van der Waals surface area contributed by atoms with Gasteiger partial charge >= 0.3 is 5.97 Å². The lowest BCUT2D eigenvalue weighted by Gasteiger charge is -2.31. The molecule has 0 radical (unpaired) electrons. The van der Waals surface area contributed by atoms with Crippen LogP contribution in [0, 0.1) is 5.82 Å². The molecule has 0 saturated carbocycles. The van der Waals surface area contributed by atoms with Crippen LogP contribution in [-0.2, 0) is 22.5 Å². The summed E-state index contributed by atoms with van der Waals surface area (Å²) in [7, 11) is 0. The predicted molar refractivity (Wildman–Crippen MR) is 164 cm³/mol. The number of hydrogen-bond donors (Lipinski definition) is 0. The fourth-order valence-corrected chi connectivity index (χ4v) is 5.37. The Hall–Kier alpha value is -3.97. The molecule has 1 aliphatic heterocycles. The molecular formula is C34H39FN4O2. The number of anilines is 1. The quantitative estimate of drug-likeness (QED) is 0.179. The van der Waals surface area contributed by atoms with E-state index in [-0.39, 0.29) is 17.9 Å². The van der Waals surface area contributed by atoms with E-state index >= 15 is 0 Å². The second-order valence-electron chi connectivity index (χ2n) is 11.0. The second kappa shape index (κ2) is 13.6. The average molecular weight is 555 g/mol. The largest absolute Gasteiger partial charge is 0.460 e. The maximum atomic E-state index is 13.5. The van der Waals surface area contributed by atoms with Crippen LogP contribution in [0.15, 0.2) is 78.9 Å². The number of imidazole rings is 1. The standard InChI is InChI=1S/C34H39FN4O2/c1-26(2)41-33(40)18-15-27-9-11-28(12-10-27)19-24-37-20-5-22-38(23-6-21-37)34-36-31-7-3-4-8-32(31)39(34)25-29-13-16-30(35)17-14-29/h3-4,7-18,26H,5-6,19-25H2,1-2H3/b18-15+. The zero-order valence-corrected chi connectivity index (χ0v) is 24.0. The highest BCUT2D eigenvalue weighted by Crippen LogP contribution is 2.25. The molecule has 0 amide bonds. The average Bonchev–Trinajstić information content (AvgIpc) is 3.31. The number of benzene rings is 3. The zero-order chi connectivity index (χ0) is 28.6. The molecule has 1 aromatic heterocycles. The number of aromatic nitrogens is 2. The Morgan fingerprint density at radius 1 is 0.927 bits per heavy atom. The summed E-state index contributed by atoms with van der Waals surface area (Å²) >= 11 is 0. The van der Waals surface area contributed by atoms with Gasteiger partial charge in [-0.2, -0.15) is 0 Å². The van der Waals surface area contributed by atoms with Gasteiger partial charge in [0, 0.05) is 25.7 Å². The van der Waals surface area contributed by atoms with Crippen molar-refractivity contribution in [2.45, 2.75) is 45.8 Å². The molecule has 0 aliphatic carbocycles. The van der Waals surface area contributed by atoms with Crippen molar-refractivity contribution < 1.29 is 13.9 Å². The number of rotatable bonds is 9. The number of hydrogen-bond acceptors (Lipinski definition) is 5. The number of nitrogens with zero attached hydrogens (tertiary/aromatic N) is 4. The third-order valence-electron chi connectivity index (χ3n) is 7.44. The molecule has 1 saturated heterocycles. The van der Waals surface area contributed by atoms with Crippen molar-refractivity contribution in [2.24, 2.45) is 0 Å². The van der Waals surface area contributed by atoms with E-state index in [0.29, 0.717) is 6.54 Å². The minimum absolute atomic E-state index is 0.114. The van der Waals surface area contributed by atoms with Crippen molar-refractivity contribution in [3.8, 4) is 0 Å². The van der Waals surface area contributed by atoms with Gasteiger partial charge < -0.3 is 19.1 Å². The van der Waals surface area contributed by atoms with E-state index in [1.165, 1.54) is 23.8 Å². The van der Waals surface area contributed by atoms with Crippen molar-refractivity contribution in [1.82, 2.24) is 14.5 Å². The molecule has 5 rings (SSSR count). The van der Waals surface area contributed by atoms with Gasteiger partial charge in [0.05, 0.1) is 23.7 Å². The Morgan fingerprint density at radius 2 is 1.61 bits per heavy atom. The third-order valence-corrected chi connectivity index (χ3v) is 7.44. The summed E-state index contributed by atoms with van der Waals surface area (Å²) in [6.07, 6.45) is 6.29. The molecule has 2 heterocycles. The minimum Gasteiger partial charge on any atom is -0.460 e. The Labute approximate surface area is 242 Å². The summed E-state index contributed by atoms with van der Waals surface area (Å²) in [5.41, 5.74) is 5.45. The Kier molecular flexibility index (Phi) is 9.47. The zero-order valence-electron chi connectivity index (χ0n) is 24.0. The number of carbonyl (C=O) groups excluding carboxylic acids is 1. The monoisotopic (exact) mass is 554 g/mol. The highest BCUT2D eigenvalue weighted by Gasteiger charge is 2.20. The fraction of sp³-hybridized carbons (Fsp3) is 0.353. The summed E-state index contributed by atoms with van der Waals surface area (Å²) in [5.74, 6) is 0.466. The first kappa shape index (κ1) is 28.6. The molecule has 3 aromatic carbocycles. The first-order chi connectivity index (χ1) is 19.9. The number of para-hydroxylation sites is 2. The van der Waals surface area contributed by atoms with Crippen molar-refractivity contribution in [3.63, 3.8) is 0 Å². The van der Waals surface area contributed by atoms with Crippen LogP contribution in [-0.4, -0.2) is 59.2 Å². The highest BCUT2D eigenvalue weighted by molar-refractivity contribution is 5.87. The maximum Gasteiger partial charge on any atom is 0.331 e. The summed E-state index contributed by atoms with van der Waals surface area (Å²) in [5, 5.41) is 0. The smallest absolute Gasteiger partial charge is 0.331 e. The number of carbonyl (C=O) groups is 1. The van der Waals surface area contributed by atoms with Crippen LogP contribution in [0.25, 0.3) is 17.1 Å². The first-order valence-corrected chi connectivity index (χ1v) is 14.6. The molecule has 41 heavy (non-hydrogen) atoms. The molecule has 7 heteroatoms. The molecule has 0 spiro atoms. The van der Waals surface area contributed by atoms with Gasteiger partial charge in [-0.05, 0) is 93.2 Å². The predicted octanol–water partition coefficient (Wildman–Crippen LogP) is 6.33. The molecule has 6 nitrogen and oxygen atoms in total. The molecule has 1 fully saturated rings. The van der Waals surface area contributed by atoms with Gasteiger partial charge in [-0.1, -0.05) is 48.5 Å². The molecule has 1 aliphatic rings. The Morgan fingerprint density at radius 3 is 2.32 bits per heavy atom. The lowest BCUT2D eigenvalue weighted by atomic mass is 10.1. The van der Waals surface area contributed by atoms with E-state index in [1.807, 2.05) is 32.0 Å². The Balaban J connectivity index is 1.17. The van der Waals surface area contributed by atoms with Crippen LogP contribution >= 0.6 is 0 Å². The molecular weight excluding hydrogens is 515 g/mol. The topological polar surface area (TPSA) is 50.6 Å². The van der Waals surface area contributed by atoms with Gasteiger partial charge in [0.15, 0.2) is 0 Å². The van der Waals surface area contributed by atoms with E-state index in [2.05, 4.69) is 56.8 Å². The fourth-order valence-electron chi connectivity index (χ4n) is 5.37. The minimum atomic E-state index is -0.315. The van der Waals surface area contributed by atoms with Crippen molar-refractivity contribution >= 4 is 29.0 Å². The van der Waals surface area contributed by atoms with Gasteiger partial charge in [0.2, 0.25) is 5.95 Å². The van der Waals surface area contributed by atoms with Gasteiger partial charge in [-0.3, -0.25) is 0 Å². The van der Waals surface area contributed by atoms with E-state index in [0.717, 1.165) is 80.1 Å². The van der Waals surface area contributed by atoms with E-state index in [9.17, 15) is 9.18 Å². The van der Waals surface area contributed by atoms with Crippen LogP contribution < -0.4 is 4.90 Å². The normalized spacial score (nSPS) is 15.0. The summed E-state index contributed by atoms with van der Waals surface area (Å²) in [4.78, 5) is 21.7. The Bertz CT molecular complexity index is 1450. The molecule has 0 unspecified atom stereocenters. The number of ether oxygens (including phenoxy) is 1. The van der Waals surface area contributed by atoms with Gasteiger partial charge in [-0.15, -0.1) is 0 Å². The van der Waals surface area contributed by atoms with Crippen LogP contribution in [0.5, 0.6) is 0 Å². The molecule has 214 valence electrons. The number of esters is 1. The lowest BCUT2D eigenvalue weighted by Crippen LogP contribution is -2.38. The van der Waals surface area contributed by atoms with Gasteiger partial charge in [0.25, 0.3) is 0 Å². The summed E-state index contributed by atoms with van der Waals surface area (Å²) in [6.45, 7) is 9.37.